The summed E-state index contributed by atoms with van der Waals surface area (Å²) in [7, 11) is 0. The van der Waals surface area contributed by atoms with Gasteiger partial charge in [0.1, 0.15) is 0 Å². The van der Waals surface area contributed by atoms with Gasteiger partial charge in [-0.2, -0.15) is 0 Å². The van der Waals surface area contributed by atoms with E-state index in [-0.39, 0.29) is 23.4 Å². The second-order valence-electron chi connectivity index (χ2n) is 0.306. The van der Waals surface area contributed by atoms with E-state index < -0.39 is 0 Å². The summed E-state index contributed by atoms with van der Waals surface area (Å²) in [5, 5.41) is 16.2. The molecule has 0 bridgehead atoms. The van der Waals surface area contributed by atoms with Crippen LogP contribution in [0.2, 0.25) is 0 Å². The number of nitrogens with one attached hydrogen (secondary N) is 3. The first-order valence-corrected chi connectivity index (χ1v) is 1.36. The highest BCUT2D eigenvalue weighted by atomic mass is 35.5. The van der Waals surface area contributed by atoms with Gasteiger partial charge in [-0.3, -0.25) is 0 Å². The van der Waals surface area contributed by atoms with E-state index in [4.69, 9.17) is 30.6 Å². The molecule has 0 aliphatic carbocycles. The molecule has 0 aromatic carbocycles. The molecule has 0 amide bonds. The van der Waals surface area contributed by atoms with Crippen LogP contribution in [0.4, 0.5) is 0 Å². The first-order valence-electron chi connectivity index (χ1n) is 1.36. The fraction of sp³-hybridized carbons (Fsp3) is 0. The molecule has 0 atom stereocenters. The molecule has 0 spiro atoms. The van der Waals surface area contributed by atoms with Crippen molar-refractivity contribution in [2.24, 2.45) is 0 Å². The molecule has 0 saturated heterocycles. The Hall–Kier alpha value is -1.35. The Labute approximate surface area is 72.9 Å². The van der Waals surface area contributed by atoms with Crippen molar-refractivity contribution in [1.29, 1.82) is 16.2 Å². The van der Waals surface area contributed by atoms with Crippen molar-refractivity contribution in [2.75, 3.05) is 0 Å². The van der Waals surface area contributed by atoms with Gasteiger partial charge in [0.25, 0.3) is 0 Å². The highest BCUT2D eigenvalue weighted by Crippen LogP contribution is 0.874. The fourth-order valence-electron chi connectivity index (χ4n) is 0. The predicted molar refractivity (Wildman–Crippen MR) is 43.8 cm³/mol. The van der Waals surface area contributed by atoms with Crippen molar-refractivity contribution in [3.05, 3.63) is 0 Å². The van der Waals surface area contributed by atoms with Crippen LogP contribution in [0, 0.1) is 16.2 Å². The van der Waals surface area contributed by atoms with E-state index >= 15 is 0 Å². The zero-order chi connectivity index (χ0) is 8.12. The Morgan fingerprint density at radius 2 is 0.727 bits per heavy atom. The number of isocyanates is 3. The van der Waals surface area contributed by atoms with E-state index in [2.05, 4.69) is 0 Å². The zero-order valence-corrected chi connectivity index (χ0v) is 5.45. The average Bonchev–Trinajstić information content (AvgIpc) is 1.70. The highest BCUT2D eigenvalue weighted by Gasteiger charge is 1.04. The fourth-order valence-corrected chi connectivity index (χ4v) is 0. The van der Waals surface area contributed by atoms with Crippen LogP contribution in [0.15, 0.2) is 0 Å². The summed E-state index contributed by atoms with van der Waals surface area (Å²) in [4.78, 5) is 25.0. The van der Waals surface area contributed by atoms with Gasteiger partial charge >= 0.3 is 0 Å². The van der Waals surface area contributed by atoms with Gasteiger partial charge in [0.05, 0.1) is 0 Å². The molecular formula is C3H8ClN3O3Si. The maximum atomic E-state index is 8.35. The molecule has 0 radical (unpaired) electrons. The average molecular weight is 198 g/mol. The summed E-state index contributed by atoms with van der Waals surface area (Å²) in [5.41, 5.74) is 0. The van der Waals surface area contributed by atoms with Gasteiger partial charge in [-0.1, -0.05) is 0 Å². The molecule has 0 saturated carbocycles. The molecule has 0 unspecified atom stereocenters. The second kappa shape index (κ2) is 186. The van der Waals surface area contributed by atoms with Crippen LogP contribution in [-0.2, 0) is 14.4 Å². The van der Waals surface area contributed by atoms with Crippen molar-refractivity contribution >= 4 is 41.6 Å². The molecule has 0 aromatic heterocycles. The summed E-state index contributed by atoms with van der Waals surface area (Å²) in [6, 6.07) is 0. The van der Waals surface area contributed by atoms with Gasteiger partial charge in [0.15, 0.2) is 0 Å². The molecule has 11 heavy (non-hydrogen) atoms. The molecule has 0 fully saturated rings. The predicted octanol–water partition coefficient (Wildman–Crippen LogP) is -1.33. The van der Waals surface area contributed by atoms with Gasteiger partial charge in [0, 0.05) is 0 Å². The lowest BCUT2D eigenvalue weighted by Crippen LogP contribution is -1.16. The topological polar surface area (TPSA) is 123 Å². The Bertz CT molecular complexity index is 115. The summed E-state index contributed by atoms with van der Waals surface area (Å²) in [6.45, 7) is 0. The largest absolute Gasteiger partial charge is 0.231 e. The minimum atomic E-state index is 0. The van der Waals surface area contributed by atoms with E-state index in [1.54, 1.807) is 0 Å². The lowest BCUT2D eigenvalue weighted by Gasteiger charge is -1.02. The van der Waals surface area contributed by atoms with E-state index in [1.807, 2.05) is 0 Å². The van der Waals surface area contributed by atoms with Crippen LogP contribution in [0.25, 0.3) is 0 Å². The summed E-state index contributed by atoms with van der Waals surface area (Å²) in [6.07, 6.45) is 2.25. The number of hydrogen-bond donors (Lipinski definition) is 3. The van der Waals surface area contributed by atoms with E-state index in [1.165, 1.54) is 0 Å². The standard InChI is InChI=1S/3CHNO.ClH.H4Si/c3*2-1-3;;/h3*2H;1H;1H4. The minimum absolute atomic E-state index is 0. The number of hydrogen-bond acceptors (Lipinski definition) is 6. The molecule has 0 aliphatic rings. The monoisotopic (exact) mass is 197 g/mol. The van der Waals surface area contributed by atoms with Crippen molar-refractivity contribution in [1.82, 2.24) is 0 Å². The van der Waals surface area contributed by atoms with Crippen LogP contribution in [-0.4, -0.2) is 29.2 Å². The molecule has 0 rings (SSSR count). The summed E-state index contributed by atoms with van der Waals surface area (Å²) < 4.78 is 0. The quantitative estimate of drug-likeness (QED) is 0.253. The molecule has 8 heteroatoms. The van der Waals surface area contributed by atoms with E-state index in [0.717, 1.165) is 18.2 Å². The Morgan fingerprint density at radius 1 is 0.727 bits per heavy atom. The summed E-state index contributed by atoms with van der Waals surface area (Å²) >= 11 is 0. The lowest BCUT2D eigenvalue weighted by molar-refractivity contribution is 0.562. The van der Waals surface area contributed by atoms with E-state index in [9.17, 15) is 0 Å². The number of halogens is 1. The molecule has 64 valence electrons. The van der Waals surface area contributed by atoms with Crippen molar-refractivity contribution < 1.29 is 14.4 Å². The minimum Gasteiger partial charge on any atom is -0.222 e. The molecular weight excluding hydrogens is 190 g/mol. The first-order chi connectivity index (χ1) is 4.24. The first kappa shape index (κ1) is 33.4. The van der Waals surface area contributed by atoms with Crippen LogP contribution >= 0.6 is 12.4 Å². The van der Waals surface area contributed by atoms with Gasteiger partial charge in [-0.05, 0) is 11.0 Å². The van der Waals surface area contributed by atoms with E-state index in [0.29, 0.717) is 0 Å². The van der Waals surface area contributed by atoms with Crippen LogP contribution in [0.1, 0.15) is 0 Å². The SMILES string of the molecule is Cl.N=C=O.N=C=O.N=C=O.[SiH4]. The molecule has 0 heterocycles. The maximum absolute atomic E-state index is 8.35. The van der Waals surface area contributed by atoms with Gasteiger partial charge < -0.3 is 0 Å². The van der Waals surface area contributed by atoms with Crippen LogP contribution < -0.4 is 0 Å². The molecule has 0 aliphatic heterocycles. The smallest absolute Gasteiger partial charge is 0.222 e. The lowest BCUT2D eigenvalue weighted by atomic mass is 11.7. The van der Waals surface area contributed by atoms with Crippen LogP contribution in [0.3, 0.4) is 0 Å². The number of rotatable bonds is 0. The van der Waals surface area contributed by atoms with Crippen molar-refractivity contribution in [2.45, 2.75) is 0 Å². The Kier molecular flexibility index (Phi) is 566. The second-order valence-corrected chi connectivity index (χ2v) is 0.306. The van der Waals surface area contributed by atoms with Gasteiger partial charge in [-0.15, -0.1) is 12.4 Å². The molecule has 3 N–H and O–H groups in total. The van der Waals surface area contributed by atoms with Gasteiger partial charge in [-0.25, -0.2) is 30.6 Å². The molecule has 6 nitrogen and oxygen atoms in total. The third-order valence-electron chi connectivity index (χ3n) is 0. The maximum Gasteiger partial charge on any atom is 0.231 e. The molecule has 0 aromatic rings. The normalized spacial score (nSPS) is 2.18. The highest BCUT2D eigenvalue weighted by molar-refractivity contribution is 5.85. The third-order valence-corrected chi connectivity index (χ3v) is 0. The van der Waals surface area contributed by atoms with Gasteiger partial charge in [0.2, 0.25) is 18.2 Å². The Morgan fingerprint density at radius 3 is 0.727 bits per heavy atom. The Balaban J connectivity index is -0.0000000150. The van der Waals surface area contributed by atoms with Crippen molar-refractivity contribution in [3.63, 3.8) is 0 Å². The summed E-state index contributed by atoms with van der Waals surface area (Å²) in [5.74, 6) is 0. The third kappa shape index (κ3) is 209. The number of carbonyl (C=O) groups excluding carboxylic acids is 3. The van der Waals surface area contributed by atoms with Crippen molar-refractivity contribution in [3.8, 4) is 0 Å². The zero-order valence-electron chi connectivity index (χ0n) is 4.63. The van der Waals surface area contributed by atoms with Crippen LogP contribution in [0.5, 0.6) is 0 Å².